The first-order chi connectivity index (χ1) is 28.5. The third-order valence-electron chi connectivity index (χ3n) is 11.5. The average molecular weight is 816 g/mol. The van der Waals surface area contributed by atoms with Crippen molar-refractivity contribution in [3.63, 3.8) is 0 Å². The van der Waals surface area contributed by atoms with Crippen molar-refractivity contribution in [3.8, 4) is 0 Å². The van der Waals surface area contributed by atoms with Crippen LogP contribution in [0.25, 0.3) is 0 Å². The van der Waals surface area contributed by atoms with Crippen molar-refractivity contribution in [3.05, 3.63) is 36.5 Å². The molecule has 1 amide bonds. The molecule has 0 fully saturated rings. The summed E-state index contributed by atoms with van der Waals surface area (Å²) in [5, 5.41) is 23.8. The van der Waals surface area contributed by atoms with Crippen molar-refractivity contribution in [2.24, 2.45) is 0 Å². The maximum atomic E-state index is 13.2. The third-order valence-corrected chi connectivity index (χ3v) is 11.5. The Hall–Kier alpha value is -1.92. The van der Waals surface area contributed by atoms with Gasteiger partial charge in [0.15, 0.2) is 0 Å². The highest BCUT2D eigenvalue weighted by Crippen LogP contribution is 2.18. The maximum Gasteiger partial charge on any atom is 0.306 e. The van der Waals surface area contributed by atoms with Crippen molar-refractivity contribution in [1.29, 1.82) is 0 Å². The van der Waals surface area contributed by atoms with E-state index in [4.69, 9.17) is 4.74 Å². The quantitative estimate of drug-likeness (QED) is 0.0323. The molecule has 0 rings (SSSR count). The largest absolute Gasteiger partial charge is 0.462 e. The fourth-order valence-corrected chi connectivity index (χ4v) is 7.64. The van der Waals surface area contributed by atoms with Crippen LogP contribution in [0.1, 0.15) is 258 Å². The van der Waals surface area contributed by atoms with Crippen LogP contribution in [0, 0.1) is 0 Å². The van der Waals surface area contributed by atoms with Gasteiger partial charge in [0.05, 0.1) is 25.2 Å². The molecule has 0 aliphatic carbocycles. The summed E-state index contributed by atoms with van der Waals surface area (Å²) in [4.78, 5) is 26.1. The highest BCUT2D eigenvalue weighted by atomic mass is 16.5. The van der Waals surface area contributed by atoms with E-state index in [0.717, 1.165) is 83.5 Å². The van der Waals surface area contributed by atoms with E-state index in [-0.39, 0.29) is 24.9 Å². The van der Waals surface area contributed by atoms with Crippen molar-refractivity contribution < 1.29 is 24.5 Å². The van der Waals surface area contributed by atoms with Gasteiger partial charge in [-0.05, 0) is 77.0 Å². The molecule has 0 aliphatic rings. The summed E-state index contributed by atoms with van der Waals surface area (Å²) >= 11 is 0. The summed E-state index contributed by atoms with van der Waals surface area (Å²) in [6.45, 7) is 6.36. The molecule has 3 atom stereocenters. The number of carbonyl (C=O) groups excluding carboxylic acids is 2. The molecule has 58 heavy (non-hydrogen) atoms. The number of hydrogen-bond acceptors (Lipinski definition) is 5. The molecule has 0 radical (unpaired) electrons. The number of nitrogens with one attached hydrogen (secondary N) is 1. The molecule has 6 heteroatoms. The number of carbonyl (C=O) groups is 2. The van der Waals surface area contributed by atoms with Gasteiger partial charge in [0.25, 0.3) is 0 Å². The number of unbranched alkanes of at least 4 members (excludes halogenated alkanes) is 27. The van der Waals surface area contributed by atoms with E-state index in [0.29, 0.717) is 19.3 Å². The molecule has 0 saturated heterocycles. The van der Waals surface area contributed by atoms with E-state index in [1.165, 1.54) is 128 Å². The Kier molecular flexibility index (Phi) is 44.6. The first-order valence-corrected chi connectivity index (χ1v) is 25.2. The summed E-state index contributed by atoms with van der Waals surface area (Å²) in [5.74, 6) is -0.493. The third kappa shape index (κ3) is 40.8. The number of allylic oxidation sites excluding steroid dienone is 6. The number of amides is 1. The van der Waals surface area contributed by atoms with Gasteiger partial charge in [0.2, 0.25) is 5.91 Å². The summed E-state index contributed by atoms with van der Waals surface area (Å²) < 4.78 is 5.91. The van der Waals surface area contributed by atoms with Crippen LogP contribution in [0.15, 0.2) is 36.5 Å². The molecule has 0 spiro atoms. The zero-order valence-corrected chi connectivity index (χ0v) is 38.7. The van der Waals surface area contributed by atoms with Gasteiger partial charge in [-0.1, -0.05) is 205 Å². The van der Waals surface area contributed by atoms with Gasteiger partial charge >= 0.3 is 5.97 Å². The molecule has 0 saturated carbocycles. The Morgan fingerprint density at radius 1 is 0.517 bits per heavy atom. The lowest BCUT2D eigenvalue weighted by Crippen LogP contribution is -2.46. The highest BCUT2D eigenvalue weighted by Gasteiger charge is 2.24. The normalized spacial score (nSPS) is 13.5. The Morgan fingerprint density at radius 3 is 1.45 bits per heavy atom. The SMILES string of the molecule is CC/C=C/C/C=C/CCCCCCCC(CC(=O)NC(CO)C(O)CCCCCCCCCCCCCCCCC)OC(=O)CCCCCCC/C=C\CCCCC. The average Bonchev–Trinajstić information content (AvgIpc) is 3.22. The van der Waals surface area contributed by atoms with Crippen molar-refractivity contribution in [2.45, 2.75) is 277 Å². The molecule has 6 nitrogen and oxygen atoms in total. The van der Waals surface area contributed by atoms with Crippen LogP contribution < -0.4 is 5.32 Å². The predicted octanol–water partition coefficient (Wildman–Crippen LogP) is 14.9. The zero-order valence-electron chi connectivity index (χ0n) is 38.7. The summed E-state index contributed by atoms with van der Waals surface area (Å²) in [6, 6.07) is -0.705. The second kappa shape index (κ2) is 46.2. The second-order valence-corrected chi connectivity index (χ2v) is 17.2. The minimum Gasteiger partial charge on any atom is -0.462 e. The molecule has 0 aromatic carbocycles. The number of aliphatic hydroxyl groups is 2. The van der Waals surface area contributed by atoms with Crippen LogP contribution in [0.3, 0.4) is 0 Å². The second-order valence-electron chi connectivity index (χ2n) is 17.2. The lowest BCUT2D eigenvalue weighted by atomic mass is 10.0. The van der Waals surface area contributed by atoms with E-state index in [1.54, 1.807) is 0 Å². The fraction of sp³-hybridized carbons (Fsp3) is 0.846. The lowest BCUT2D eigenvalue weighted by molar-refractivity contribution is -0.151. The summed E-state index contributed by atoms with van der Waals surface area (Å²) in [6.07, 6.45) is 53.5. The smallest absolute Gasteiger partial charge is 0.306 e. The first-order valence-electron chi connectivity index (χ1n) is 25.2. The van der Waals surface area contributed by atoms with Crippen LogP contribution >= 0.6 is 0 Å². The molecule has 0 heterocycles. The van der Waals surface area contributed by atoms with Gasteiger partial charge in [-0.3, -0.25) is 9.59 Å². The fourth-order valence-electron chi connectivity index (χ4n) is 7.64. The van der Waals surface area contributed by atoms with E-state index in [9.17, 15) is 19.8 Å². The number of rotatable bonds is 45. The van der Waals surface area contributed by atoms with Crippen molar-refractivity contribution in [1.82, 2.24) is 5.32 Å². The van der Waals surface area contributed by atoms with Crippen LogP contribution in [-0.4, -0.2) is 46.9 Å². The molecule has 340 valence electrons. The van der Waals surface area contributed by atoms with Gasteiger partial charge in [0, 0.05) is 6.42 Å². The van der Waals surface area contributed by atoms with Gasteiger partial charge in [-0.15, -0.1) is 0 Å². The minimum absolute atomic E-state index is 0.0666. The number of esters is 1. The van der Waals surface area contributed by atoms with E-state index < -0.39 is 18.2 Å². The Bertz CT molecular complexity index is 961. The molecular formula is C52H97NO5. The van der Waals surface area contributed by atoms with Crippen LogP contribution in [0.5, 0.6) is 0 Å². The van der Waals surface area contributed by atoms with Gasteiger partial charge in [-0.25, -0.2) is 0 Å². The Balaban J connectivity index is 4.54. The number of aliphatic hydroxyl groups excluding tert-OH is 2. The summed E-state index contributed by atoms with van der Waals surface area (Å²) in [7, 11) is 0. The number of ether oxygens (including phenoxy) is 1. The molecule has 0 bridgehead atoms. The summed E-state index contributed by atoms with van der Waals surface area (Å²) in [5.41, 5.74) is 0. The Morgan fingerprint density at radius 2 is 0.931 bits per heavy atom. The van der Waals surface area contributed by atoms with E-state index in [2.05, 4.69) is 62.5 Å². The topological polar surface area (TPSA) is 95.9 Å². The molecule has 3 unspecified atom stereocenters. The standard InChI is InChI=1S/C52H97NO5/c1-4-7-10-13-16-19-22-25-26-27-29-32-35-38-41-44-50(55)49(47-54)53-51(56)46-48(43-40-37-34-31-28-23-20-17-14-11-8-5-2)58-52(57)45-42-39-36-33-30-24-21-18-15-12-9-6-3/h8,11,17-18,20-21,48-50,54-55H,4-7,9-10,12-16,19,22-47H2,1-3H3,(H,53,56)/b11-8+,20-17+,21-18-. The Labute approximate surface area is 360 Å². The molecule has 0 aromatic heterocycles. The maximum absolute atomic E-state index is 13.2. The van der Waals surface area contributed by atoms with E-state index >= 15 is 0 Å². The van der Waals surface area contributed by atoms with Gasteiger partial charge in [0.1, 0.15) is 6.10 Å². The van der Waals surface area contributed by atoms with Gasteiger partial charge in [-0.2, -0.15) is 0 Å². The lowest BCUT2D eigenvalue weighted by Gasteiger charge is -2.24. The van der Waals surface area contributed by atoms with Crippen LogP contribution in [0.4, 0.5) is 0 Å². The highest BCUT2D eigenvalue weighted by molar-refractivity contribution is 5.77. The van der Waals surface area contributed by atoms with E-state index in [1.807, 2.05) is 0 Å². The predicted molar refractivity (Wildman–Crippen MR) is 250 cm³/mol. The zero-order chi connectivity index (χ0) is 42.4. The molecule has 0 aliphatic heterocycles. The monoisotopic (exact) mass is 816 g/mol. The van der Waals surface area contributed by atoms with Crippen molar-refractivity contribution >= 4 is 11.9 Å². The van der Waals surface area contributed by atoms with Gasteiger partial charge < -0.3 is 20.3 Å². The number of hydrogen-bond donors (Lipinski definition) is 3. The molecule has 0 aromatic rings. The van der Waals surface area contributed by atoms with Crippen LogP contribution in [0.2, 0.25) is 0 Å². The van der Waals surface area contributed by atoms with Crippen molar-refractivity contribution in [2.75, 3.05) is 6.61 Å². The minimum atomic E-state index is -0.790. The van der Waals surface area contributed by atoms with Crippen LogP contribution in [-0.2, 0) is 14.3 Å². The molecule has 3 N–H and O–H groups in total. The molecular weight excluding hydrogens is 719 g/mol. The first kappa shape index (κ1) is 56.1.